The molecular weight excluding hydrogens is 303 g/mol. The minimum atomic E-state index is 0.529. The summed E-state index contributed by atoms with van der Waals surface area (Å²) in [7, 11) is 0. The molecule has 0 bridgehead atoms. The molecule has 2 nitrogen and oxygen atoms in total. The summed E-state index contributed by atoms with van der Waals surface area (Å²) in [4.78, 5) is 4.45. The van der Waals surface area contributed by atoms with Crippen molar-refractivity contribution in [2.24, 2.45) is 0 Å². The molecule has 3 aromatic rings. The van der Waals surface area contributed by atoms with Crippen molar-refractivity contribution in [3.8, 4) is 0 Å². The van der Waals surface area contributed by atoms with Crippen LogP contribution in [0.2, 0.25) is 10.2 Å². The number of benzene rings is 2. The minimum Gasteiger partial charge on any atom is -0.381 e. The molecule has 0 spiro atoms. The lowest BCUT2D eigenvalue weighted by Gasteiger charge is -2.09. The third-order valence-electron chi connectivity index (χ3n) is 3.30. The Morgan fingerprint density at radius 2 is 1.90 bits per heavy atom. The Labute approximate surface area is 133 Å². The van der Waals surface area contributed by atoms with E-state index in [1.165, 1.54) is 5.56 Å². The number of halogens is 2. The molecule has 21 heavy (non-hydrogen) atoms. The summed E-state index contributed by atoms with van der Waals surface area (Å²) in [6.07, 6.45) is 0. The van der Waals surface area contributed by atoms with Crippen LogP contribution in [0.4, 0.5) is 5.69 Å². The zero-order valence-electron chi connectivity index (χ0n) is 11.5. The number of nitrogens with one attached hydrogen (secondary N) is 1. The van der Waals surface area contributed by atoms with Crippen LogP contribution in [0.3, 0.4) is 0 Å². The molecule has 4 heteroatoms. The highest BCUT2D eigenvalue weighted by atomic mass is 35.5. The Kier molecular flexibility index (Phi) is 4.00. The molecule has 0 atom stereocenters. The van der Waals surface area contributed by atoms with Crippen LogP contribution in [0.25, 0.3) is 10.9 Å². The fourth-order valence-electron chi connectivity index (χ4n) is 2.24. The molecule has 1 aromatic heterocycles. The summed E-state index contributed by atoms with van der Waals surface area (Å²) in [6.45, 7) is 2.67. The molecule has 0 aliphatic heterocycles. The second-order valence-electron chi connectivity index (χ2n) is 5.00. The van der Waals surface area contributed by atoms with Crippen LogP contribution in [-0.2, 0) is 6.54 Å². The van der Waals surface area contributed by atoms with Crippen molar-refractivity contribution in [2.75, 3.05) is 5.32 Å². The lowest BCUT2D eigenvalue weighted by atomic mass is 10.1. The second kappa shape index (κ2) is 5.92. The van der Waals surface area contributed by atoms with Gasteiger partial charge in [-0.05, 0) is 43.3 Å². The van der Waals surface area contributed by atoms with Gasteiger partial charge in [0.15, 0.2) is 0 Å². The van der Waals surface area contributed by atoms with Crippen molar-refractivity contribution in [1.29, 1.82) is 0 Å². The molecule has 1 heterocycles. The third kappa shape index (κ3) is 3.29. The standard InChI is InChI=1S/C17H14Cl2N2/c1-11-5-6-16-12(7-11)8-13(17(19)21-16)10-20-15-4-2-3-14(18)9-15/h2-9,20H,10H2,1H3. The van der Waals surface area contributed by atoms with Crippen molar-refractivity contribution < 1.29 is 0 Å². The van der Waals surface area contributed by atoms with Crippen LogP contribution >= 0.6 is 23.2 Å². The highest BCUT2D eigenvalue weighted by Crippen LogP contribution is 2.23. The number of hydrogen-bond acceptors (Lipinski definition) is 2. The first-order valence-corrected chi connectivity index (χ1v) is 7.42. The van der Waals surface area contributed by atoms with Crippen LogP contribution in [0.15, 0.2) is 48.5 Å². The maximum Gasteiger partial charge on any atom is 0.134 e. The number of aryl methyl sites for hydroxylation is 1. The van der Waals surface area contributed by atoms with Crippen molar-refractivity contribution in [1.82, 2.24) is 4.98 Å². The highest BCUT2D eigenvalue weighted by Gasteiger charge is 2.05. The van der Waals surface area contributed by atoms with Gasteiger partial charge in [-0.2, -0.15) is 0 Å². The second-order valence-corrected chi connectivity index (χ2v) is 5.79. The molecule has 0 aliphatic rings. The summed E-state index contributed by atoms with van der Waals surface area (Å²) in [5, 5.41) is 5.65. The van der Waals surface area contributed by atoms with Gasteiger partial charge in [-0.15, -0.1) is 0 Å². The van der Waals surface area contributed by atoms with E-state index in [-0.39, 0.29) is 0 Å². The normalized spacial score (nSPS) is 10.8. The van der Waals surface area contributed by atoms with Crippen molar-refractivity contribution in [3.05, 3.63) is 69.8 Å². The lowest BCUT2D eigenvalue weighted by Crippen LogP contribution is -2.01. The largest absolute Gasteiger partial charge is 0.381 e. The molecule has 0 aliphatic carbocycles. The summed E-state index contributed by atoms with van der Waals surface area (Å²) in [5.41, 5.74) is 4.05. The lowest BCUT2D eigenvalue weighted by molar-refractivity contribution is 1.13. The maximum absolute atomic E-state index is 6.26. The van der Waals surface area contributed by atoms with E-state index >= 15 is 0 Å². The summed E-state index contributed by atoms with van der Waals surface area (Å²) in [6, 6.07) is 15.8. The van der Waals surface area contributed by atoms with Gasteiger partial charge in [-0.3, -0.25) is 0 Å². The molecule has 0 radical (unpaired) electrons. The molecule has 0 amide bonds. The van der Waals surface area contributed by atoms with Gasteiger partial charge < -0.3 is 5.32 Å². The van der Waals surface area contributed by atoms with Gasteiger partial charge in [0.1, 0.15) is 5.15 Å². The van der Waals surface area contributed by atoms with Crippen LogP contribution in [0, 0.1) is 6.92 Å². The first-order chi connectivity index (χ1) is 10.1. The Morgan fingerprint density at radius 1 is 1.05 bits per heavy atom. The van der Waals surface area contributed by atoms with Gasteiger partial charge in [0.2, 0.25) is 0 Å². The zero-order chi connectivity index (χ0) is 14.8. The summed E-state index contributed by atoms with van der Waals surface area (Å²) in [5.74, 6) is 0. The number of nitrogens with zero attached hydrogens (tertiary/aromatic N) is 1. The van der Waals surface area contributed by atoms with E-state index in [2.05, 4.69) is 29.4 Å². The highest BCUT2D eigenvalue weighted by molar-refractivity contribution is 6.31. The third-order valence-corrected chi connectivity index (χ3v) is 3.87. The van der Waals surface area contributed by atoms with Crippen LogP contribution in [-0.4, -0.2) is 4.98 Å². The monoisotopic (exact) mass is 316 g/mol. The van der Waals surface area contributed by atoms with Gasteiger partial charge >= 0.3 is 0 Å². The minimum absolute atomic E-state index is 0.529. The SMILES string of the molecule is Cc1ccc2nc(Cl)c(CNc3cccc(Cl)c3)cc2c1. The summed E-state index contributed by atoms with van der Waals surface area (Å²) >= 11 is 12.2. The van der Waals surface area contributed by atoms with E-state index in [1.807, 2.05) is 36.4 Å². The predicted molar refractivity (Wildman–Crippen MR) is 90.3 cm³/mol. The van der Waals surface area contributed by atoms with E-state index in [0.717, 1.165) is 22.2 Å². The fraction of sp³-hybridized carbons (Fsp3) is 0.118. The fourth-order valence-corrected chi connectivity index (χ4v) is 2.64. The van der Waals surface area contributed by atoms with Crippen molar-refractivity contribution in [2.45, 2.75) is 13.5 Å². The number of aromatic nitrogens is 1. The Balaban J connectivity index is 1.88. The van der Waals surface area contributed by atoms with E-state index in [0.29, 0.717) is 16.7 Å². The van der Waals surface area contributed by atoms with Crippen LogP contribution in [0.1, 0.15) is 11.1 Å². The van der Waals surface area contributed by atoms with Gasteiger partial charge in [-0.1, -0.05) is 40.9 Å². The van der Waals surface area contributed by atoms with Crippen LogP contribution < -0.4 is 5.32 Å². The van der Waals surface area contributed by atoms with Gasteiger partial charge in [0.25, 0.3) is 0 Å². The van der Waals surface area contributed by atoms with E-state index in [9.17, 15) is 0 Å². The molecular formula is C17H14Cl2N2. The quantitative estimate of drug-likeness (QED) is 0.649. The molecule has 0 fully saturated rings. The molecule has 0 unspecified atom stereocenters. The van der Waals surface area contributed by atoms with Crippen molar-refractivity contribution in [3.63, 3.8) is 0 Å². The summed E-state index contributed by atoms with van der Waals surface area (Å²) < 4.78 is 0. The topological polar surface area (TPSA) is 24.9 Å². The predicted octanol–water partition coefficient (Wildman–Crippen LogP) is 5.46. The Bertz CT molecular complexity index is 800. The Morgan fingerprint density at radius 3 is 2.71 bits per heavy atom. The number of hydrogen-bond donors (Lipinski definition) is 1. The van der Waals surface area contributed by atoms with Gasteiger partial charge in [0, 0.05) is 28.2 Å². The average Bonchev–Trinajstić information content (AvgIpc) is 2.45. The number of pyridine rings is 1. The van der Waals surface area contributed by atoms with E-state index in [1.54, 1.807) is 0 Å². The van der Waals surface area contributed by atoms with Gasteiger partial charge in [-0.25, -0.2) is 4.98 Å². The molecule has 1 N–H and O–H groups in total. The van der Waals surface area contributed by atoms with Crippen molar-refractivity contribution >= 4 is 39.8 Å². The van der Waals surface area contributed by atoms with E-state index < -0.39 is 0 Å². The number of rotatable bonds is 3. The van der Waals surface area contributed by atoms with Crippen LogP contribution in [0.5, 0.6) is 0 Å². The zero-order valence-corrected chi connectivity index (χ0v) is 13.0. The number of fused-ring (bicyclic) bond motifs is 1. The first kappa shape index (κ1) is 14.2. The molecule has 0 saturated heterocycles. The van der Waals surface area contributed by atoms with Gasteiger partial charge in [0.05, 0.1) is 5.52 Å². The maximum atomic E-state index is 6.26. The molecule has 106 valence electrons. The average molecular weight is 317 g/mol. The molecule has 0 saturated carbocycles. The molecule has 2 aromatic carbocycles. The number of anilines is 1. The smallest absolute Gasteiger partial charge is 0.134 e. The first-order valence-electron chi connectivity index (χ1n) is 6.67. The Hall–Kier alpha value is -1.77. The molecule has 3 rings (SSSR count). The van der Waals surface area contributed by atoms with E-state index in [4.69, 9.17) is 23.2 Å².